The topological polar surface area (TPSA) is 106 Å². The number of hydrogen-bond acceptors (Lipinski definition) is 6. The van der Waals surface area contributed by atoms with Crippen LogP contribution in [0.1, 0.15) is 44.0 Å². The van der Waals surface area contributed by atoms with Crippen LogP contribution in [0.25, 0.3) is 0 Å². The summed E-state index contributed by atoms with van der Waals surface area (Å²) in [5.41, 5.74) is 1.43. The first-order chi connectivity index (χ1) is 17.0. The number of amides is 3. The largest absolute Gasteiger partial charge is 0.492 e. The molecule has 2 aromatic rings. The molecule has 188 valence electrons. The van der Waals surface area contributed by atoms with E-state index in [9.17, 15) is 14.4 Å². The number of piperidine rings is 1. The molecular weight excluding hydrogens is 450 g/mol. The fourth-order valence-electron chi connectivity index (χ4n) is 3.86. The Bertz CT molecular complexity index is 1020. The number of carbonyl (C=O) groups excluding carboxylic acids is 3. The fraction of sp³-hybridized carbons (Fsp3) is 0.423. The van der Waals surface area contributed by atoms with Crippen molar-refractivity contribution in [3.63, 3.8) is 0 Å². The summed E-state index contributed by atoms with van der Waals surface area (Å²) in [6, 6.07) is 12.2. The summed E-state index contributed by atoms with van der Waals surface area (Å²) in [7, 11) is 0. The monoisotopic (exact) mass is 483 g/mol. The van der Waals surface area contributed by atoms with Gasteiger partial charge in [0, 0.05) is 36.7 Å². The number of rotatable bonds is 9. The quantitative estimate of drug-likeness (QED) is 0.542. The third-order valence-electron chi connectivity index (χ3n) is 5.62. The number of nitrogens with one attached hydrogen (secondary N) is 2. The zero-order chi connectivity index (χ0) is 25.2. The summed E-state index contributed by atoms with van der Waals surface area (Å²) in [5.74, 6) is 0.171. The van der Waals surface area contributed by atoms with Crippen molar-refractivity contribution < 1.29 is 28.6 Å². The summed E-state index contributed by atoms with van der Waals surface area (Å²) in [6.07, 6.45) is 0.732. The molecule has 0 unspecified atom stereocenters. The number of carbonyl (C=O) groups is 3. The van der Waals surface area contributed by atoms with Gasteiger partial charge in [0.15, 0.2) is 0 Å². The molecule has 9 heteroatoms. The van der Waals surface area contributed by atoms with Crippen LogP contribution in [0, 0.1) is 5.92 Å². The van der Waals surface area contributed by atoms with Crippen molar-refractivity contribution in [2.45, 2.75) is 33.6 Å². The zero-order valence-electron chi connectivity index (χ0n) is 20.5. The number of nitrogens with zero attached hydrogens (tertiary/aromatic N) is 1. The van der Waals surface area contributed by atoms with Crippen LogP contribution in [0.4, 0.5) is 16.2 Å². The molecule has 1 aliphatic heterocycles. The SMILES string of the molecule is CCOC(=O)N1CCC(C(=O)Nc2cc(OCC)c(NC(=O)c3ccccc3)cc2OCC)CC1. The highest BCUT2D eigenvalue weighted by Gasteiger charge is 2.29. The minimum atomic E-state index is -0.348. The number of hydrogen-bond donors (Lipinski definition) is 2. The molecule has 0 aromatic heterocycles. The minimum Gasteiger partial charge on any atom is -0.492 e. The molecule has 9 nitrogen and oxygen atoms in total. The van der Waals surface area contributed by atoms with Gasteiger partial charge in [-0.3, -0.25) is 9.59 Å². The average molecular weight is 484 g/mol. The first-order valence-electron chi connectivity index (χ1n) is 12.0. The van der Waals surface area contributed by atoms with Crippen molar-refractivity contribution in [3.8, 4) is 11.5 Å². The molecule has 1 saturated heterocycles. The second-order valence-electron chi connectivity index (χ2n) is 7.98. The van der Waals surface area contributed by atoms with E-state index in [1.165, 1.54) is 0 Å². The van der Waals surface area contributed by atoms with Gasteiger partial charge in [0.25, 0.3) is 5.91 Å². The number of anilines is 2. The van der Waals surface area contributed by atoms with E-state index in [-0.39, 0.29) is 23.8 Å². The molecule has 2 N–H and O–H groups in total. The van der Waals surface area contributed by atoms with Crippen molar-refractivity contribution in [1.29, 1.82) is 0 Å². The Morgan fingerprint density at radius 3 is 1.97 bits per heavy atom. The highest BCUT2D eigenvalue weighted by Crippen LogP contribution is 2.37. The Morgan fingerprint density at radius 1 is 0.857 bits per heavy atom. The Balaban J connectivity index is 1.76. The normalized spacial score (nSPS) is 13.6. The molecule has 0 bridgehead atoms. The molecule has 1 heterocycles. The number of benzene rings is 2. The minimum absolute atomic E-state index is 0.155. The van der Waals surface area contributed by atoms with Crippen LogP contribution in [0.15, 0.2) is 42.5 Å². The van der Waals surface area contributed by atoms with Gasteiger partial charge in [0.05, 0.1) is 31.2 Å². The molecule has 0 atom stereocenters. The standard InChI is InChI=1S/C26H33N3O6/c1-4-33-22-17-21(28-25(31)19-12-14-29(15-13-19)26(32)35-6-3)23(34-5-2)16-20(22)27-24(30)18-10-8-7-9-11-18/h7-11,16-17,19H,4-6,12-15H2,1-3H3,(H,27,30)(H,28,31). The Kier molecular flexibility index (Phi) is 9.34. The van der Waals surface area contributed by atoms with E-state index in [0.717, 1.165) is 0 Å². The van der Waals surface area contributed by atoms with E-state index in [2.05, 4.69) is 10.6 Å². The van der Waals surface area contributed by atoms with E-state index in [0.29, 0.717) is 74.2 Å². The molecule has 0 saturated carbocycles. The molecular formula is C26H33N3O6. The van der Waals surface area contributed by atoms with Crippen molar-refractivity contribution >= 4 is 29.3 Å². The molecule has 0 aliphatic carbocycles. The summed E-state index contributed by atoms with van der Waals surface area (Å²) in [6.45, 7) is 7.45. The van der Waals surface area contributed by atoms with E-state index in [1.807, 2.05) is 19.9 Å². The van der Waals surface area contributed by atoms with Crippen LogP contribution in [0.3, 0.4) is 0 Å². The first kappa shape index (κ1) is 25.9. The Labute approximate surface area is 205 Å². The lowest BCUT2D eigenvalue weighted by molar-refractivity contribution is -0.121. The molecule has 3 amide bonds. The number of likely N-dealkylation sites (tertiary alicyclic amines) is 1. The van der Waals surface area contributed by atoms with Gasteiger partial charge in [0.1, 0.15) is 11.5 Å². The molecule has 35 heavy (non-hydrogen) atoms. The van der Waals surface area contributed by atoms with E-state index in [4.69, 9.17) is 14.2 Å². The van der Waals surface area contributed by atoms with E-state index < -0.39 is 0 Å². The van der Waals surface area contributed by atoms with E-state index >= 15 is 0 Å². The lowest BCUT2D eigenvalue weighted by Gasteiger charge is -2.30. The van der Waals surface area contributed by atoms with Crippen LogP contribution >= 0.6 is 0 Å². The van der Waals surface area contributed by atoms with Gasteiger partial charge in [0.2, 0.25) is 5.91 Å². The highest BCUT2D eigenvalue weighted by molar-refractivity contribution is 6.05. The zero-order valence-corrected chi connectivity index (χ0v) is 20.5. The highest BCUT2D eigenvalue weighted by atomic mass is 16.6. The second kappa shape index (κ2) is 12.6. The van der Waals surface area contributed by atoms with Crippen LogP contribution in [-0.2, 0) is 9.53 Å². The van der Waals surface area contributed by atoms with Gasteiger partial charge in [-0.15, -0.1) is 0 Å². The van der Waals surface area contributed by atoms with Crippen molar-refractivity contribution in [2.75, 3.05) is 43.5 Å². The Morgan fingerprint density at radius 2 is 1.43 bits per heavy atom. The molecule has 0 spiro atoms. The van der Waals surface area contributed by atoms with Crippen molar-refractivity contribution in [2.24, 2.45) is 5.92 Å². The van der Waals surface area contributed by atoms with Crippen LogP contribution in [0.5, 0.6) is 11.5 Å². The van der Waals surface area contributed by atoms with Crippen molar-refractivity contribution in [3.05, 3.63) is 48.0 Å². The average Bonchev–Trinajstić information content (AvgIpc) is 2.87. The predicted molar refractivity (Wildman–Crippen MR) is 133 cm³/mol. The molecule has 3 rings (SSSR count). The fourth-order valence-corrected chi connectivity index (χ4v) is 3.86. The summed E-state index contributed by atoms with van der Waals surface area (Å²) in [4.78, 5) is 39.3. The molecule has 0 radical (unpaired) electrons. The maximum atomic E-state index is 13.0. The maximum absolute atomic E-state index is 13.0. The van der Waals surface area contributed by atoms with Gasteiger partial charge in [-0.05, 0) is 45.7 Å². The molecule has 1 fully saturated rings. The second-order valence-corrected chi connectivity index (χ2v) is 7.98. The summed E-state index contributed by atoms with van der Waals surface area (Å²) in [5, 5.41) is 5.83. The van der Waals surface area contributed by atoms with Gasteiger partial charge in [-0.2, -0.15) is 0 Å². The lowest BCUT2D eigenvalue weighted by Crippen LogP contribution is -2.41. The van der Waals surface area contributed by atoms with Gasteiger partial charge >= 0.3 is 6.09 Å². The molecule has 1 aliphatic rings. The van der Waals surface area contributed by atoms with Crippen LogP contribution < -0.4 is 20.1 Å². The number of ether oxygens (including phenoxy) is 3. The predicted octanol–water partition coefficient (Wildman–Crippen LogP) is 4.54. The van der Waals surface area contributed by atoms with Crippen molar-refractivity contribution in [1.82, 2.24) is 4.90 Å². The van der Waals surface area contributed by atoms with E-state index in [1.54, 1.807) is 48.2 Å². The maximum Gasteiger partial charge on any atom is 0.409 e. The summed E-state index contributed by atoms with van der Waals surface area (Å²) >= 11 is 0. The third kappa shape index (κ3) is 6.88. The first-order valence-corrected chi connectivity index (χ1v) is 12.0. The van der Waals surface area contributed by atoms with Gasteiger partial charge in [-0.25, -0.2) is 4.79 Å². The Hall–Kier alpha value is -3.75. The lowest BCUT2D eigenvalue weighted by atomic mass is 9.96. The summed E-state index contributed by atoms with van der Waals surface area (Å²) < 4.78 is 16.6. The van der Waals surface area contributed by atoms with Gasteiger partial charge in [-0.1, -0.05) is 18.2 Å². The molecule has 2 aromatic carbocycles. The van der Waals surface area contributed by atoms with Crippen LogP contribution in [0.2, 0.25) is 0 Å². The van der Waals surface area contributed by atoms with Crippen LogP contribution in [-0.4, -0.2) is 55.7 Å². The smallest absolute Gasteiger partial charge is 0.409 e. The third-order valence-corrected chi connectivity index (χ3v) is 5.62. The van der Waals surface area contributed by atoms with Gasteiger partial charge < -0.3 is 29.7 Å².